The van der Waals surface area contributed by atoms with Crippen molar-refractivity contribution in [2.45, 2.75) is 6.42 Å². The maximum atomic E-state index is 10.9. The molecule has 0 aliphatic rings. The van der Waals surface area contributed by atoms with Gasteiger partial charge in [0.2, 0.25) is 0 Å². The van der Waals surface area contributed by atoms with Crippen molar-refractivity contribution >= 4 is 11.6 Å². The third-order valence-electron chi connectivity index (χ3n) is 1.52. The number of anilines is 1. The Labute approximate surface area is 70.9 Å². The third-order valence-corrected chi connectivity index (χ3v) is 1.52. The molecule has 0 saturated heterocycles. The molecule has 1 heterocycles. The third kappa shape index (κ3) is 1.92. The van der Waals surface area contributed by atoms with Crippen molar-refractivity contribution in [3.05, 3.63) is 36.5 Å². The van der Waals surface area contributed by atoms with Crippen LogP contribution in [0, 0.1) is 0 Å². The van der Waals surface area contributed by atoms with Crippen LogP contribution in [0.15, 0.2) is 31.0 Å². The van der Waals surface area contributed by atoms with Crippen LogP contribution in [0.2, 0.25) is 0 Å². The number of ketones is 1. The van der Waals surface area contributed by atoms with Gasteiger partial charge in [-0.3, -0.25) is 4.79 Å². The summed E-state index contributed by atoms with van der Waals surface area (Å²) in [7, 11) is 0. The highest BCUT2D eigenvalue weighted by molar-refractivity contribution is 5.91. The summed E-state index contributed by atoms with van der Waals surface area (Å²) in [5, 5.41) is 0. The van der Waals surface area contributed by atoms with Gasteiger partial charge in [-0.2, -0.15) is 0 Å². The molecule has 1 aromatic rings. The SMILES string of the molecule is C=CC(=O)Cc1cccnc1N. The summed E-state index contributed by atoms with van der Waals surface area (Å²) in [5.41, 5.74) is 6.28. The van der Waals surface area contributed by atoms with Gasteiger partial charge >= 0.3 is 0 Å². The first-order valence-corrected chi connectivity index (χ1v) is 3.58. The van der Waals surface area contributed by atoms with E-state index in [-0.39, 0.29) is 12.2 Å². The number of carbonyl (C=O) groups excluding carboxylic acids is 1. The lowest BCUT2D eigenvalue weighted by atomic mass is 10.1. The second-order valence-corrected chi connectivity index (χ2v) is 2.39. The predicted octanol–water partition coefficient (Wildman–Crippen LogP) is 0.961. The van der Waals surface area contributed by atoms with E-state index in [0.29, 0.717) is 5.82 Å². The first-order valence-electron chi connectivity index (χ1n) is 3.58. The van der Waals surface area contributed by atoms with E-state index >= 15 is 0 Å². The molecule has 0 spiro atoms. The van der Waals surface area contributed by atoms with E-state index in [1.165, 1.54) is 6.08 Å². The maximum Gasteiger partial charge on any atom is 0.159 e. The highest BCUT2D eigenvalue weighted by Crippen LogP contribution is 2.07. The number of hydrogen-bond donors (Lipinski definition) is 1. The first kappa shape index (κ1) is 8.46. The summed E-state index contributed by atoms with van der Waals surface area (Å²) in [4.78, 5) is 14.8. The average molecular weight is 162 g/mol. The number of carbonyl (C=O) groups is 1. The van der Waals surface area contributed by atoms with E-state index in [1.807, 2.05) is 0 Å². The highest BCUT2D eigenvalue weighted by Gasteiger charge is 2.02. The molecule has 0 fully saturated rings. The summed E-state index contributed by atoms with van der Waals surface area (Å²) in [6.07, 6.45) is 3.16. The molecule has 0 saturated carbocycles. The number of rotatable bonds is 3. The van der Waals surface area contributed by atoms with Gasteiger partial charge in [-0.15, -0.1) is 0 Å². The minimum Gasteiger partial charge on any atom is -0.383 e. The Morgan fingerprint density at radius 3 is 3.08 bits per heavy atom. The standard InChI is InChI=1S/C9H10N2O/c1-2-8(12)6-7-4-3-5-11-9(7)10/h2-5H,1,6H2,(H2,10,11). The van der Waals surface area contributed by atoms with Crippen LogP contribution in [0.4, 0.5) is 5.82 Å². The maximum absolute atomic E-state index is 10.9. The quantitative estimate of drug-likeness (QED) is 0.673. The predicted molar refractivity (Wildman–Crippen MR) is 47.6 cm³/mol. The Morgan fingerprint density at radius 2 is 2.50 bits per heavy atom. The van der Waals surface area contributed by atoms with E-state index < -0.39 is 0 Å². The summed E-state index contributed by atoms with van der Waals surface area (Å²) in [5.74, 6) is 0.363. The van der Waals surface area contributed by atoms with Gasteiger partial charge in [-0.05, 0) is 12.1 Å². The molecule has 0 radical (unpaired) electrons. The molecule has 0 atom stereocenters. The normalized spacial score (nSPS) is 9.33. The second-order valence-electron chi connectivity index (χ2n) is 2.39. The molecule has 3 nitrogen and oxygen atoms in total. The molecule has 1 aromatic heterocycles. The summed E-state index contributed by atoms with van der Waals surface area (Å²) in [6, 6.07) is 3.53. The highest BCUT2D eigenvalue weighted by atomic mass is 16.1. The number of pyridine rings is 1. The zero-order valence-electron chi connectivity index (χ0n) is 6.66. The van der Waals surface area contributed by atoms with Gasteiger partial charge in [0.25, 0.3) is 0 Å². The van der Waals surface area contributed by atoms with Gasteiger partial charge in [-0.25, -0.2) is 4.98 Å². The van der Waals surface area contributed by atoms with Crippen LogP contribution in [-0.2, 0) is 11.2 Å². The largest absolute Gasteiger partial charge is 0.383 e. The van der Waals surface area contributed by atoms with E-state index in [1.54, 1.807) is 18.3 Å². The van der Waals surface area contributed by atoms with Gasteiger partial charge in [0.05, 0.1) is 0 Å². The molecule has 1 rings (SSSR count). The Balaban J connectivity index is 2.82. The molecule has 3 heteroatoms. The summed E-state index contributed by atoms with van der Waals surface area (Å²) in [6.45, 7) is 3.38. The fraction of sp³-hybridized carbons (Fsp3) is 0.111. The van der Waals surface area contributed by atoms with Gasteiger partial charge < -0.3 is 5.73 Å². The van der Waals surface area contributed by atoms with Crippen molar-refractivity contribution in [3.63, 3.8) is 0 Å². The van der Waals surface area contributed by atoms with Gasteiger partial charge in [0, 0.05) is 18.2 Å². The average Bonchev–Trinajstić information content (AvgIpc) is 2.09. The minimum atomic E-state index is -0.0466. The van der Waals surface area contributed by atoms with E-state index in [9.17, 15) is 4.79 Å². The van der Waals surface area contributed by atoms with Crippen LogP contribution in [0.25, 0.3) is 0 Å². The van der Waals surface area contributed by atoms with Crippen LogP contribution in [0.3, 0.4) is 0 Å². The monoisotopic (exact) mass is 162 g/mol. The fourth-order valence-corrected chi connectivity index (χ4v) is 0.860. The topological polar surface area (TPSA) is 56.0 Å². The van der Waals surface area contributed by atoms with E-state index in [2.05, 4.69) is 11.6 Å². The number of nitrogen functional groups attached to an aromatic ring is 1. The lowest BCUT2D eigenvalue weighted by Crippen LogP contribution is -2.03. The first-order chi connectivity index (χ1) is 5.74. The molecule has 62 valence electrons. The number of aromatic nitrogens is 1. The minimum absolute atomic E-state index is 0.0466. The fourth-order valence-electron chi connectivity index (χ4n) is 0.860. The summed E-state index contributed by atoms with van der Waals surface area (Å²) >= 11 is 0. The van der Waals surface area contributed by atoms with Gasteiger partial charge in [0.1, 0.15) is 5.82 Å². The van der Waals surface area contributed by atoms with Crippen molar-refractivity contribution in [1.29, 1.82) is 0 Å². The molecule has 0 unspecified atom stereocenters. The van der Waals surface area contributed by atoms with E-state index in [4.69, 9.17) is 5.73 Å². The molecule has 0 bridgehead atoms. The molecule has 0 aliphatic carbocycles. The zero-order valence-corrected chi connectivity index (χ0v) is 6.66. The molecular weight excluding hydrogens is 152 g/mol. The van der Waals surface area contributed by atoms with Crippen molar-refractivity contribution in [1.82, 2.24) is 4.98 Å². The number of allylic oxidation sites excluding steroid dienone is 1. The van der Waals surface area contributed by atoms with E-state index in [0.717, 1.165) is 5.56 Å². The Hall–Kier alpha value is -1.64. The van der Waals surface area contributed by atoms with Crippen molar-refractivity contribution in [2.24, 2.45) is 0 Å². The Morgan fingerprint density at radius 1 is 1.75 bits per heavy atom. The zero-order chi connectivity index (χ0) is 8.97. The smallest absolute Gasteiger partial charge is 0.159 e. The molecule has 0 aromatic carbocycles. The molecular formula is C9H10N2O. The molecule has 0 amide bonds. The molecule has 12 heavy (non-hydrogen) atoms. The van der Waals surface area contributed by atoms with Gasteiger partial charge in [0.15, 0.2) is 5.78 Å². The lowest BCUT2D eigenvalue weighted by molar-refractivity contribution is -0.114. The number of nitrogens with two attached hydrogens (primary N) is 1. The van der Waals surface area contributed by atoms with Crippen LogP contribution in [0.5, 0.6) is 0 Å². The molecule has 0 aliphatic heterocycles. The second kappa shape index (κ2) is 3.67. The van der Waals surface area contributed by atoms with Crippen molar-refractivity contribution < 1.29 is 4.79 Å². The van der Waals surface area contributed by atoms with Crippen LogP contribution in [-0.4, -0.2) is 10.8 Å². The van der Waals surface area contributed by atoms with Crippen LogP contribution >= 0.6 is 0 Å². The van der Waals surface area contributed by atoms with Crippen LogP contribution < -0.4 is 5.73 Å². The van der Waals surface area contributed by atoms with Crippen molar-refractivity contribution in [2.75, 3.05) is 5.73 Å². The Kier molecular flexibility index (Phi) is 2.58. The summed E-state index contributed by atoms with van der Waals surface area (Å²) < 4.78 is 0. The molecule has 2 N–H and O–H groups in total. The number of hydrogen-bond acceptors (Lipinski definition) is 3. The number of nitrogens with zero attached hydrogens (tertiary/aromatic N) is 1. The lowest BCUT2D eigenvalue weighted by Gasteiger charge is -1.99. The van der Waals surface area contributed by atoms with Crippen molar-refractivity contribution in [3.8, 4) is 0 Å². The van der Waals surface area contributed by atoms with Gasteiger partial charge in [-0.1, -0.05) is 12.6 Å². The van der Waals surface area contributed by atoms with Crippen LogP contribution in [0.1, 0.15) is 5.56 Å². The Bertz CT molecular complexity index is 307.